The van der Waals surface area contributed by atoms with Crippen molar-refractivity contribution in [1.82, 2.24) is 10.6 Å². The average molecular weight is 249 g/mol. The van der Waals surface area contributed by atoms with Crippen LogP contribution in [0.5, 0.6) is 0 Å². The van der Waals surface area contributed by atoms with Crippen LogP contribution >= 0.6 is 11.6 Å². The lowest BCUT2D eigenvalue weighted by atomic mass is 10.2. The first-order chi connectivity index (χ1) is 7.72. The predicted octanol–water partition coefficient (Wildman–Crippen LogP) is 1.01. The van der Waals surface area contributed by atoms with Gasteiger partial charge >= 0.3 is 6.03 Å². The van der Waals surface area contributed by atoms with Crippen LogP contribution in [0.2, 0.25) is 0 Å². The van der Waals surface area contributed by atoms with E-state index in [4.69, 9.17) is 16.3 Å². The second kappa shape index (κ2) is 7.46. The third kappa shape index (κ3) is 5.32. The van der Waals surface area contributed by atoms with Gasteiger partial charge in [0.2, 0.25) is 5.91 Å². The lowest BCUT2D eigenvalue weighted by Gasteiger charge is -2.10. The maximum Gasteiger partial charge on any atom is 0.321 e. The number of urea groups is 1. The van der Waals surface area contributed by atoms with Crippen molar-refractivity contribution < 1.29 is 14.3 Å². The van der Waals surface area contributed by atoms with Crippen molar-refractivity contribution in [3.05, 3.63) is 0 Å². The van der Waals surface area contributed by atoms with Crippen molar-refractivity contribution in [2.75, 3.05) is 19.0 Å². The predicted molar refractivity (Wildman–Crippen MR) is 60.5 cm³/mol. The van der Waals surface area contributed by atoms with Gasteiger partial charge in [0.05, 0.1) is 6.10 Å². The van der Waals surface area contributed by atoms with Crippen molar-refractivity contribution in [2.45, 2.75) is 31.8 Å². The van der Waals surface area contributed by atoms with Gasteiger partial charge < -0.3 is 10.1 Å². The van der Waals surface area contributed by atoms with Gasteiger partial charge in [-0.05, 0) is 19.3 Å². The van der Waals surface area contributed by atoms with E-state index in [0.29, 0.717) is 6.54 Å². The number of halogens is 1. The minimum atomic E-state index is -0.465. The molecule has 0 aromatic heterocycles. The largest absolute Gasteiger partial charge is 0.378 e. The van der Waals surface area contributed by atoms with Gasteiger partial charge in [0.25, 0.3) is 0 Å². The summed E-state index contributed by atoms with van der Waals surface area (Å²) in [4.78, 5) is 22.2. The molecule has 0 aromatic carbocycles. The Labute approximate surface area is 99.9 Å². The zero-order valence-corrected chi connectivity index (χ0v) is 9.89. The standard InChI is InChI=1S/C10H17ClN2O3/c11-5-3-9(14)13-10(15)12-6-4-8-2-1-7-16-8/h8H,1-7H2,(H2,12,13,14,15). The molecule has 92 valence electrons. The minimum absolute atomic E-state index is 0.153. The second-order valence-electron chi connectivity index (χ2n) is 3.67. The average Bonchev–Trinajstić information content (AvgIpc) is 2.70. The Morgan fingerprint density at radius 1 is 1.44 bits per heavy atom. The summed E-state index contributed by atoms with van der Waals surface area (Å²) in [6.07, 6.45) is 3.33. The van der Waals surface area contributed by atoms with E-state index in [1.54, 1.807) is 0 Å². The van der Waals surface area contributed by atoms with Gasteiger partial charge in [-0.3, -0.25) is 10.1 Å². The van der Waals surface area contributed by atoms with Gasteiger partial charge in [0, 0.05) is 25.5 Å². The molecular formula is C10H17ClN2O3. The Bertz CT molecular complexity index is 242. The zero-order chi connectivity index (χ0) is 11.8. The van der Waals surface area contributed by atoms with Crippen LogP contribution in [0, 0.1) is 0 Å². The molecule has 6 heteroatoms. The van der Waals surface area contributed by atoms with Gasteiger partial charge in [-0.25, -0.2) is 4.79 Å². The summed E-state index contributed by atoms with van der Waals surface area (Å²) in [5.74, 6) is -0.140. The van der Waals surface area contributed by atoms with Crippen molar-refractivity contribution in [3.8, 4) is 0 Å². The summed E-state index contributed by atoms with van der Waals surface area (Å²) in [5.41, 5.74) is 0. The number of hydrogen-bond donors (Lipinski definition) is 2. The smallest absolute Gasteiger partial charge is 0.321 e. The van der Waals surface area contributed by atoms with Crippen LogP contribution in [0.3, 0.4) is 0 Å². The highest BCUT2D eigenvalue weighted by Crippen LogP contribution is 2.14. The highest BCUT2D eigenvalue weighted by molar-refractivity contribution is 6.19. The Morgan fingerprint density at radius 2 is 2.25 bits per heavy atom. The Morgan fingerprint density at radius 3 is 2.88 bits per heavy atom. The third-order valence-electron chi connectivity index (χ3n) is 2.35. The van der Waals surface area contributed by atoms with Crippen LogP contribution in [0.25, 0.3) is 0 Å². The molecule has 1 aliphatic rings. The number of amides is 3. The topological polar surface area (TPSA) is 67.4 Å². The van der Waals surface area contributed by atoms with Crippen LogP contribution in [-0.2, 0) is 9.53 Å². The second-order valence-corrected chi connectivity index (χ2v) is 4.04. The van der Waals surface area contributed by atoms with E-state index in [1.807, 2.05) is 0 Å². The van der Waals surface area contributed by atoms with E-state index >= 15 is 0 Å². The fourth-order valence-electron chi connectivity index (χ4n) is 1.54. The molecule has 5 nitrogen and oxygen atoms in total. The molecule has 1 saturated heterocycles. The summed E-state index contributed by atoms with van der Waals surface area (Å²) >= 11 is 5.36. The molecule has 2 N–H and O–H groups in total. The maximum atomic E-state index is 11.2. The minimum Gasteiger partial charge on any atom is -0.378 e. The summed E-state index contributed by atoms with van der Waals surface area (Å²) < 4.78 is 5.40. The van der Waals surface area contributed by atoms with Gasteiger partial charge in [0.15, 0.2) is 0 Å². The first kappa shape index (κ1) is 13.3. The van der Waals surface area contributed by atoms with Crippen molar-refractivity contribution in [3.63, 3.8) is 0 Å². The number of hydrogen-bond acceptors (Lipinski definition) is 3. The molecule has 1 unspecified atom stereocenters. The van der Waals surface area contributed by atoms with E-state index in [0.717, 1.165) is 25.9 Å². The molecule has 0 aromatic rings. The highest BCUT2D eigenvalue weighted by atomic mass is 35.5. The van der Waals surface area contributed by atoms with Gasteiger partial charge in [-0.1, -0.05) is 0 Å². The number of nitrogens with one attached hydrogen (secondary N) is 2. The van der Waals surface area contributed by atoms with Crippen LogP contribution in [0.1, 0.15) is 25.7 Å². The van der Waals surface area contributed by atoms with E-state index < -0.39 is 6.03 Å². The number of imide groups is 1. The van der Waals surface area contributed by atoms with Crippen LogP contribution in [0.4, 0.5) is 4.79 Å². The highest BCUT2D eigenvalue weighted by Gasteiger charge is 2.15. The number of carbonyl (C=O) groups is 2. The SMILES string of the molecule is O=C(CCCl)NC(=O)NCCC1CCCO1. The van der Waals surface area contributed by atoms with E-state index in [1.165, 1.54) is 0 Å². The molecule has 0 saturated carbocycles. The Kier molecular flexibility index (Phi) is 6.18. The first-order valence-electron chi connectivity index (χ1n) is 5.47. The van der Waals surface area contributed by atoms with Gasteiger partial charge in [0.1, 0.15) is 0 Å². The number of ether oxygens (including phenoxy) is 1. The molecule has 0 aliphatic carbocycles. The van der Waals surface area contributed by atoms with Crippen molar-refractivity contribution in [1.29, 1.82) is 0 Å². The third-order valence-corrected chi connectivity index (χ3v) is 2.54. The first-order valence-corrected chi connectivity index (χ1v) is 6.01. The molecule has 1 atom stereocenters. The molecule has 0 spiro atoms. The molecule has 1 fully saturated rings. The fraction of sp³-hybridized carbons (Fsp3) is 0.800. The summed E-state index contributed by atoms with van der Waals surface area (Å²) in [7, 11) is 0. The van der Waals surface area contributed by atoms with E-state index in [2.05, 4.69) is 10.6 Å². The van der Waals surface area contributed by atoms with Gasteiger partial charge in [-0.2, -0.15) is 0 Å². The number of alkyl halides is 1. The molecule has 16 heavy (non-hydrogen) atoms. The maximum absolute atomic E-state index is 11.2. The summed E-state index contributed by atoms with van der Waals surface area (Å²) in [6.45, 7) is 1.33. The van der Waals surface area contributed by atoms with Gasteiger partial charge in [-0.15, -0.1) is 11.6 Å². The number of rotatable bonds is 5. The molecule has 1 heterocycles. The normalized spacial score (nSPS) is 19.4. The molecule has 0 radical (unpaired) electrons. The van der Waals surface area contributed by atoms with Crippen LogP contribution in [-0.4, -0.2) is 37.1 Å². The Hall–Kier alpha value is -0.810. The monoisotopic (exact) mass is 248 g/mol. The summed E-state index contributed by atoms with van der Waals surface area (Å²) in [6, 6.07) is -0.465. The van der Waals surface area contributed by atoms with E-state index in [9.17, 15) is 9.59 Å². The number of carbonyl (C=O) groups excluding carboxylic acids is 2. The molecular weight excluding hydrogens is 232 g/mol. The van der Waals surface area contributed by atoms with Crippen LogP contribution in [0.15, 0.2) is 0 Å². The lowest BCUT2D eigenvalue weighted by molar-refractivity contribution is -0.119. The van der Waals surface area contributed by atoms with E-state index in [-0.39, 0.29) is 24.3 Å². The fourth-order valence-corrected chi connectivity index (χ4v) is 1.71. The zero-order valence-electron chi connectivity index (χ0n) is 9.13. The summed E-state index contributed by atoms with van der Waals surface area (Å²) in [5, 5.41) is 4.80. The van der Waals surface area contributed by atoms with Crippen molar-refractivity contribution in [2.24, 2.45) is 0 Å². The van der Waals surface area contributed by atoms with Crippen LogP contribution < -0.4 is 10.6 Å². The molecule has 3 amide bonds. The van der Waals surface area contributed by atoms with Crippen molar-refractivity contribution >= 4 is 23.5 Å². The Balaban J connectivity index is 2.03. The quantitative estimate of drug-likeness (QED) is 0.714. The molecule has 0 bridgehead atoms. The molecule has 1 aliphatic heterocycles. The lowest BCUT2D eigenvalue weighted by Crippen LogP contribution is -2.40. The molecule has 1 rings (SSSR count).